The number of piperazine rings is 1. The third-order valence-electron chi connectivity index (χ3n) is 5.54. The predicted molar refractivity (Wildman–Crippen MR) is 124 cm³/mol. The Morgan fingerprint density at radius 3 is 2.39 bits per heavy atom. The lowest BCUT2D eigenvalue weighted by molar-refractivity contribution is 0.0664. The summed E-state index contributed by atoms with van der Waals surface area (Å²) >= 11 is 0. The zero-order valence-corrected chi connectivity index (χ0v) is 18.6. The van der Waals surface area contributed by atoms with E-state index in [4.69, 9.17) is 4.74 Å². The molecule has 0 spiro atoms. The van der Waals surface area contributed by atoms with Crippen molar-refractivity contribution in [2.24, 2.45) is 0 Å². The Bertz CT molecular complexity index is 859. The molecule has 0 aliphatic carbocycles. The summed E-state index contributed by atoms with van der Waals surface area (Å²) in [4.78, 5) is 29.5. The van der Waals surface area contributed by atoms with Gasteiger partial charge < -0.3 is 19.9 Å². The Morgan fingerprint density at radius 2 is 1.68 bits per heavy atom. The summed E-state index contributed by atoms with van der Waals surface area (Å²) in [5.74, 6) is 0.566. The first kappa shape index (κ1) is 22.8. The second-order valence-corrected chi connectivity index (χ2v) is 8.06. The number of carbonyl (C=O) groups excluding carboxylic acids is 2. The van der Waals surface area contributed by atoms with Crippen LogP contribution in [0.2, 0.25) is 0 Å². The van der Waals surface area contributed by atoms with Crippen LogP contribution in [0.25, 0.3) is 0 Å². The van der Waals surface area contributed by atoms with Gasteiger partial charge >= 0.3 is 0 Å². The Morgan fingerprint density at radius 1 is 0.935 bits per heavy atom. The maximum atomic E-state index is 12.8. The first-order chi connectivity index (χ1) is 15.1. The average Bonchev–Trinajstić information content (AvgIpc) is 2.79. The molecule has 1 heterocycles. The minimum Gasteiger partial charge on any atom is -0.494 e. The lowest BCUT2D eigenvalue weighted by Gasteiger charge is -2.32. The van der Waals surface area contributed by atoms with Crippen LogP contribution in [0.15, 0.2) is 48.5 Å². The summed E-state index contributed by atoms with van der Waals surface area (Å²) in [6, 6.07) is 14.3. The van der Waals surface area contributed by atoms with Crippen molar-refractivity contribution in [2.45, 2.75) is 32.6 Å². The molecule has 2 aromatic carbocycles. The van der Waals surface area contributed by atoms with Crippen LogP contribution in [0.1, 0.15) is 53.3 Å². The van der Waals surface area contributed by atoms with E-state index in [2.05, 4.69) is 24.2 Å². The number of hydrogen-bond acceptors (Lipinski definition) is 4. The molecule has 1 aliphatic heterocycles. The molecule has 2 amide bonds. The number of amides is 2. The number of carbonyl (C=O) groups is 2. The van der Waals surface area contributed by atoms with Crippen molar-refractivity contribution >= 4 is 17.5 Å². The van der Waals surface area contributed by atoms with E-state index in [1.165, 1.54) is 19.3 Å². The summed E-state index contributed by atoms with van der Waals surface area (Å²) in [6.07, 6.45) is 4.65. The summed E-state index contributed by atoms with van der Waals surface area (Å²) in [7, 11) is 2.06. The van der Waals surface area contributed by atoms with Crippen molar-refractivity contribution < 1.29 is 14.3 Å². The van der Waals surface area contributed by atoms with Crippen LogP contribution in [0.3, 0.4) is 0 Å². The second kappa shape index (κ2) is 11.5. The van der Waals surface area contributed by atoms with Crippen molar-refractivity contribution in [2.75, 3.05) is 45.2 Å². The Hall–Kier alpha value is -2.86. The molecule has 0 radical (unpaired) electrons. The molecule has 1 N–H and O–H groups in total. The molecular weight excluding hydrogens is 390 g/mol. The molecule has 0 atom stereocenters. The van der Waals surface area contributed by atoms with Gasteiger partial charge in [-0.3, -0.25) is 9.59 Å². The van der Waals surface area contributed by atoms with Crippen LogP contribution < -0.4 is 10.1 Å². The highest BCUT2D eigenvalue weighted by molar-refractivity contribution is 6.05. The van der Waals surface area contributed by atoms with Gasteiger partial charge in [-0.05, 0) is 55.9 Å². The third kappa shape index (κ3) is 6.82. The van der Waals surface area contributed by atoms with Gasteiger partial charge in [0.15, 0.2) is 0 Å². The average molecular weight is 424 g/mol. The Labute approximate surface area is 185 Å². The van der Waals surface area contributed by atoms with Crippen LogP contribution in [-0.2, 0) is 0 Å². The van der Waals surface area contributed by atoms with E-state index < -0.39 is 0 Å². The molecule has 6 heteroatoms. The van der Waals surface area contributed by atoms with Crippen molar-refractivity contribution in [3.05, 3.63) is 59.7 Å². The maximum absolute atomic E-state index is 12.8. The maximum Gasteiger partial charge on any atom is 0.255 e. The van der Waals surface area contributed by atoms with Gasteiger partial charge in [-0.1, -0.05) is 32.3 Å². The van der Waals surface area contributed by atoms with E-state index in [-0.39, 0.29) is 11.8 Å². The lowest BCUT2D eigenvalue weighted by Crippen LogP contribution is -2.47. The minimum absolute atomic E-state index is 0.00429. The molecule has 3 rings (SSSR count). The van der Waals surface area contributed by atoms with E-state index in [1.54, 1.807) is 36.4 Å². The van der Waals surface area contributed by atoms with Gasteiger partial charge in [-0.15, -0.1) is 0 Å². The van der Waals surface area contributed by atoms with E-state index in [0.717, 1.165) is 38.3 Å². The fourth-order valence-electron chi connectivity index (χ4n) is 3.55. The van der Waals surface area contributed by atoms with Gasteiger partial charge in [0, 0.05) is 43.0 Å². The molecule has 0 saturated carbocycles. The highest BCUT2D eigenvalue weighted by Crippen LogP contribution is 2.17. The van der Waals surface area contributed by atoms with Crippen LogP contribution in [0, 0.1) is 0 Å². The van der Waals surface area contributed by atoms with Gasteiger partial charge in [0.2, 0.25) is 0 Å². The Balaban J connectivity index is 1.54. The number of unbranched alkanes of at least 4 members (excludes halogenated alkanes) is 3. The van der Waals surface area contributed by atoms with Crippen molar-refractivity contribution in [3.8, 4) is 5.75 Å². The number of hydrogen-bond donors (Lipinski definition) is 1. The van der Waals surface area contributed by atoms with Crippen LogP contribution >= 0.6 is 0 Å². The molecule has 31 heavy (non-hydrogen) atoms. The molecule has 0 unspecified atom stereocenters. The highest BCUT2D eigenvalue weighted by Gasteiger charge is 2.20. The van der Waals surface area contributed by atoms with Gasteiger partial charge in [-0.2, -0.15) is 0 Å². The SMILES string of the molecule is CCCCCCOc1ccc(C(=O)Nc2cccc(C(=O)N3CCN(C)CC3)c2)cc1. The molecule has 6 nitrogen and oxygen atoms in total. The highest BCUT2D eigenvalue weighted by atomic mass is 16.5. The quantitative estimate of drug-likeness (QED) is 0.612. The molecule has 1 saturated heterocycles. The zero-order chi connectivity index (χ0) is 22.1. The van der Waals surface area contributed by atoms with Crippen LogP contribution in [0.5, 0.6) is 5.75 Å². The Kier molecular flexibility index (Phi) is 8.47. The van der Waals surface area contributed by atoms with Gasteiger partial charge in [0.05, 0.1) is 6.61 Å². The number of nitrogens with one attached hydrogen (secondary N) is 1. The molecule has 2 aromatic rings. The second-order valence-electron chi connectivity index (χ2n) is 8.06. The van der Waals surface area contributed by atoms with Gasteiger partial charge in [0.25, 0.3) is 11.8 Å². The summed E-state index contributed by atoms with van der Waals surface area (Å²) in [5, 5.41) is 2.89. The number of anilines is 1. The van der Waals surface area contributed by atoms with E-state index in [1.807, 2.05) is 17.0 Å². The van der Waals surface area contributed by atoms with Gasteiger partial charge in [-0.25, -0.2) is 0 Å². The van der Waals surface area contributed by atoms with Crippen molar-refractivity contribution in [3.63, 3.8) is 0 Å². The smallest absolute Gasteiger partial charge is 0.255 e. The van der Waals surface area contributed by atoms with E-state index in [9.17, 15) is 9.59 Å². The van der Waals surface area contributed by atoms with Gasteiger partial charge in [0.1, 0.15) is 5.75 Å². The van der Waals surface area contributed by atoms with E-state index in [0.29, 0.717) is 23.4 Å². The fraction of sp³-hybridized carbons (Fsp3) is 0.440. The van der Waals surface area contributed by atoms with Crippen molar-refractivity contribution in [1.82, 2.24) is 9.80 Å². The molecule has 166 valence electrons. The number of rotatable bonds is 9. The summed E-state index contributed by atoms with van der Waals surface area (Å²) in [6.45, 7) is 6.07. The normalized spacial score (nSPS) is 14.3. The zero-order valence-electron chi connectivity index (χ0n) is 18.6. The largest absolute Gasteiger partial charge is 0.494 e. The first-order valence-electron chi connectivity index (χ1n) is 11.2. The lowest BCUT2D eigenvalue weighted by atomic mass is 10.1. The number of ether oxygens (including phenoxy) is 1. The molecule has 0 aromatic heterocycles. The monoisotopic (exact) mass is 423 g/mol. The number of nitrogens with zero attached hydrogens (tertiary/aromatic N) is 2. The molecular formula is C25H33N3O3. The third-order valence-corrected chi connectivity index (χ3v) is 5.54. The molecule has 0 bridgehead atoms. The first-order valence-corrected chi connectivity index (χ1v) is 11.2. The molecule has 1 fully saturated rings. The standard InChI is InChI=1S/C25H33N3O3/c1-3-4-5-6-18-31-23-12-10-20(11-13-23)24(29)26-22-9-7-8-21(19-22)25(30)28-16-14-27(2)15-17-28/h7-13,19H,3-6,14-18H2,1-2H3,(H,26,29). The molecule has 1 aliphatic rings. The number of benzene rings is 2. The van der Waals surface area contributed by atoms with Crippen LogP contribution in [-0.4, -0.2) is 61.4 Å². The minimum atomic E-state index is -0.210. The van der Waals surface area contributed by atoms with Crippen molar-refractivity contribution in [1.29, 1.82) is 0 Å². The summed E-state index contributed by atoms with van der Waals surface area (Å²) in [5.41, 5.74) is 1.75. The fourth-order valence-corrected chi connectivity index (χ4v) is 3.55. The van der Waals surface area contributed by atoms with E-state index >= 15 is 0 Å². The number of likely N-dealkylation sites (N-methyl/N-ethyl adjacent to an activating group) is 1. The topological polar surface area (TPSA) is 61.9 Å². The summed E-state index contributed by atoms with van der Waals surface area (Å²) < 4.78 is 5.74. The van der Waals surface area contributed by atoms with Crippen LogP contribution in [0.4, 0.5) is 5.69 Å². The predicted octanol–water partition coefficient (Wildman–Crippen LogP) is 4.29.